The molecule has 3 heteroatoms. The molecule has 1 aromatic heterocycles. The first kappa shape index (κ1) is 6.92. The van der Waals surface area contributed by atoms with E-state index in [1.165, 1.54) is 0 Å². The van der Waals surface area contributed by atoms with Crippen LogP contribution in [-0.4, -0.2) is 9.97 Å². The lowest BCUT2D eigenvalue weighted by molar-refractivity contribution is 0.997. The van der Waals surface area contributed by atoms with Crippen molar-refractivity contribution >= 4 is 22.6 Å². The van der Waals surface area contributed by atoms with Gasteiger partial charge in [0.05, 0.1) is 9.26 Å². The summed E-state index contributed by atoms with van der Waals surface area (Å²) < 4.78 is 1.12. The Bertz CT molecular complexity index is 222. The lowest BCUT2D eigenvalue weighted by Gasteiger charge is -1.95. The highest BCUT2D eigenvalue weighted by Crippen LogP contribution is 2.05. The van der Waals surface area contributed by atoms with Crippen molar-refractivity contribution in [3.05, 3.63) is 21.3 Å². The van der Waals surface area contributed by atoms with Crippen molar-refractivity contribution in [2.45, 2.75) is 13.8 Å². The number of hydrogen-bond donors (Lipinski definition) is 0. The summed E-state index contributed by atoms with van der Waals surface area (Å²) in [4.78, 5) is 8.18. The third-order valence-corrected chi connectivity index (χ3v) is 2.10. The number of nitrogens with zero attached hydrogens (tertiary/aromatic N) is 2. The van der Waals surface area contributed by atoms with Gasteiger partial charge in [0, 0.05) is 6.20 Å². The van der Waals surface area contributed by atoms with Gasteiger partial charge in [0.2, 0.25) is 0 Å². The number of aryl methyl sites for hydroxylation is 2. The van der Waals surface area contributed by atoms with E-state index in [0.717, 1.165) is 15.1 Å². The maximum absolute atomic E-state index is 4.15. The maximum atomic E-state index is 4.15. The van der Waals surface area contributed by atoms with Crippen molar-refractivity contribution in [1.29, 1.82) is 0 Å². The van der Waals surface area contributed by atoms with Crippen LogP contribution in [0.4, 0.5) is 0 Å². The summed E-state index contributed by atoms with van der Waals surface area (Å²) in [5.74, 6) is 0.841. The molecule has 0 atom stereocenters. The zero-order chi connectivity index (χ0) is 6.85. The van der Waals surface area contributed by atoms with Gasteiger partial charge in [-0.1, -0.05) is 0 Å². The molecular formula is C6H7IN2. The quantitative estimate of drug-likeness (QED) is 0.638. The van der Waals surface area contributed by atoms with Gasteiger partial charge in [-0.15, -0.1) is 0 Å². The topological polar surface area (TPSA) is 25.8 Å². The SMILES string of the molecule is Cc1ncc(I)c(C)n1. The van der Waals surface area contributed by atoms with Gasteiger partial charge in [-0.2, -0.15) is 0 Å². The molecule has 0 fully saturated rings. The third-order valence-electron chi connectivity index (χ3n) is 1.04. The minimum atomic E-state index is 0.841. The Morgan fingerprint density at radius 3 is 2.56 bits per heavy atom. The maximum Gasteiger partial charge on any atom is 0.125 e. The molecule has 0 aliphatic rings. The Morgan fingerprint density at radius 2 is 2.11 bits per heavy atom. The van der Waals surface area contributed by atoms with Crippen LogP contribution in [0.2, 0.25) is 0 Å². The van der Waals surface area contributed by atoms with Gasteiger partial charge in [0.1, 0.15) is 5.82 Å². The van der Waals surface area contributed by atoms with Gasteiger partial charge < -0.3 is 0 Å². The zero-order valence-corrected chi connectivity index (χ0v) is 7.51. The van der Waals surface area contributed by atoms with E-state index in [2.05, 4.69) is 32.6 Å². The van der Waals surface area contributed by atoms with Crippen LogP contribution in [0.1, 0.15) is 11.5 Å². The Morgan fingerprint density at radius 1 is 1.44 bits per heavy atom. The second kappa shape index (κ2) is 2.60. The van der Waals surface area contributed by atoms with E-state index in [9.17, 15) is 0 Å². The second-order valence-corrected chi connectivity index (χ2v) is 3.01. The fourth-order valence-electron chi connectivity index (χ4n) is 0.568. The Balaban J connectivity index is 3.17. The average Bonchev–Trinajstić information content (AvgIpc) is 1.80. The Kier molecular flexibility index (Phi) is 2.00. The van der Waals surface area contributed by atoms with E-state index in [0.29, 0.717) is 0 Å². The van der Waals surface area contributed by atoms with Gasteiger partial charge in [-0.3, -0.25) is 0 Å². The van der Waals surface area contributed by atoms with Gasteiger partial charge in [-0.05, 0) is 36.4 Å². The standard InChI is InChI=1S/C6H7IN2/c1-4-6(7)3-8-5(2)9-4/h3H,1-2H3. The molecule has 0 aromatic carbocycles. The van der Waals surface area contributed by atoms with Crippen LogP contribution in [0.5, 0.6) is 0 Å². The number of hydrogen-bond acceptors (Lipinski definition) is 2. The van der Waals surface area contributed by atoms with Crippen molar-refractivity contribution in [2.24, 2.45) is 0 Å². The predicted octanol–water partition coefficient (Wildman–Crippen LogP) is 1.70. The van der Waals surface area contributed by atoms with Gasteiger partial charge in [-0.25, -0.2) is 9.97 Å². The first-order valence-electron chi connectivity index (χ1n) is 2.66. The molecule has 0 N–H and O–H groups in total. The van der Waals surface area contributed by atoms with E-state index in [1.807, 2.05) is 20.0 Å². The van der Waals surface area contributed by atoms with Gasteiger partial charge in [0.25, 0.3) is 0 Å². The molecule has 0 unspecified atom stereocenters. The van der Waals surface area contributed by atoms with Crippen LogP contribution in [0.15, 0.2) is 6.20 Å². The summed E-state index contributed by atoms with van der Waals surface area (Å²) in [6.07, 6.45) is 1.83. The van der Waals surface area contributed by atoms with E-state index < -0.39 is 0 Å². The highest BCUT2D eigenvalue weighted by molar-refractivity contribution is 14.1. The normalized spacial score (nSPS) is 9.67. The third kappa shape index (κ3) is 1.61. The lowest BCUT2D eigenvalue weighted by atomic mass is 10.4. The molecule has 0 saturated carbocycles. The fourth-order valence-corrected chi connectivity index (χ4v) is 0.828. The molecule has 0 aliphatic heterocycles. The molecule has 0 amide bonds. The Hall–Kier alpha value is -0.190. The summed E-state index contributed by atoms with van der Waals surface area (Å²) in [5.41, 5.74) is 1.06. The highest BCUT2D eigenvalue weighted by atomic mass is 127. The van der Waals surface area contributed by atoms with Crippen molar-refractivity contribution in [2.75, 3.05) is 0 Å². The molecule has 48 valence electrons. The number of aromatic nitrogens is 2. The van der Waals surface area contributed by atoms with E-state index in [-0.39, 0.29) is 0 Å². The molecule has 0 bridgehead atoms. The van der Waals surface area contributed by atoms with Crippen molar-refractivity contribution in [1.82, 2.24) is 9.97 Å². The Labute approximate surface area is 67.9 Å². The first-order chi connectivity index (χ1) is 4.20. The molecule has 2 nitrogen and oxygen atoms in total. The van der Waals surface area contributed by atoms with Crippen LogP contribution in [0, 0.1) is 17.4 Å². The number of halogens is 1. The average molecular weight is 234 g/mol. The van der Waals surface area contributed by atoms with Crippen LogP contribution >= 0.6 is 22.6 Å². The fraction of sp³-hybridized carbons (Fsp3) is 0.333. The molecule has 0 saturated heterocycles. The second-order valence-electron chi connectivity index (χ2n) is 1.85. The van der Waals surface area contributed by atoms with Crippen molar-refractivity contribution < 1.29 is 0 Å². The predicted molar refractivity (Wildman–Crippen MR) is 44.2 cm³/mol. The molecule has 0 aliphatic carbocycles. The minimum absolute atomic E-state index is 0.841. The van der Waals surface area contributed by atoms with Crippen LogP contribution in [-0.2, 0) is 0 Å². The zero-order valence-electron chi connectivity index (χ0n) is 5.35. The van der Waals surface area contributed by atoms with E-state index in [4.69, 9.17) is 0 Å². The van der Waals surface area contributed by atoms with Gasteiger partial charge in [0.15, 0.2) is 0 Å². The summed E-state index contributed by atoms with van der Waals surface area (Å²) in [6.45, 7) is 3.87. The first-order valence-corrected chi connectivity index (χ1v) is 3.74. The van der Waals surface area contributed by atoms with Crippen molar-refractivity contribution in [3.8, 4) is 0 Å². The molecule has 1 aromatic rings. The largest absolute Gasteiger partial charge is 0.241 e. The summed E-state index contributed by atoms with van der Waals surface area (Å²) in [5, 5.41) is 0. The summed E-state index contributed by atoms with van der Waals surface area (Å²) in [7, 11) is 0. The van der Waals surface area contributed by atoms with Gasteiger partial charge >= 0.3 is 0 Å². The molecule has 1 heterocycles. The highest BCUT2D eigenvalue weighted by Gasteiger charge is 1.93. The van der Waals surface area contributed by atoms with Crippen LogP contribution in [0.25, 0.3) is 0 Å². The number of rotatable bonds is 0. The van der Waals surface area contributed by atoms with E-state index >= 15 is 0 Å². The summed E-state index contributed by atoms with van der Waals surface area (Å²) >= 11 is 2.22. The van der Waals surface area contributed by atoms with Crippen molar-refractivity contribution in [3.63, 3.8) is 0 Å². The monoisotopic (exact) mass is 234 g/mol. The molecule has 9 heavy (non-hydrogen) atoms. The molecule has 0 spiro atoms. The lowest BCUT2D eigenvalue weighted by Crippen LogP contribution is -1.91. The minimum Gasteiger partial charge on any atom is -0.241 e. The smallest absolute Gasteiger partial charge is 0.125 e. The molecule has 1 rings (SSSR count). The van der Waals surface area contributed by atoms with Crippen LogP contribution in [0.3, 0.4) is 0 Å². The molecular weight excluding hydrogens is 227 g/mol. The van der Waals surface area contributed by atoms with E-state index in [1.54, 1.807) is 0 Å². The van der Waals surface area contributed by atoms with Crippen LogP contribution < -0.4 is 0 Å². The molecule has 0 radical (unpaired) electrons. The summed E-state index contributed by atoms with van der Waals surface area (Å²) in [6, 6.07) is 0.